The number of rotatable bonds is 6. The normalized spacial score (nSPS) is 12.8. The van der Waals surface area contributed by atoms with Crippen LogP contribution in [0.15, 0.2) is 72.8 Å². The number of carbonyl (C=O) groups is 2. The van der Waals surface area contributed by atoms with Gasteiger partial charge in [0.15, 0.2) is 0 Å². The Morgan fingerprint density at radius 1 is 0.576 bits per heavy atom. The van der Waals surface area contributed by atoms with Gasteiger partial charge in [-0.15, -0.1) is 0 Å². The predicted octanol–water partition coefficient (Wildman–Crippen LogP) is 5.99. The van der Waals surface area contributed by atoms with Crippen molar-refractivity contribution in [2.75, 3.05) is 14.2 Å². The standard InChI is InChI=1S/C28H26O5/c1-17(19-5-7-23-15-25(31-3)11-9-21(23)13-19)27(29)33-28(30)18(2)20-6-8-24-16-26(32-4)12-10-22(24)14-20/h5-18H,1-4H3. The molecule has 5 nitrogen and oxygen atoms in total. The second kappa shape index (κ2) is 9.33. The first-order valence-electron chi connectivity index (χ1n) is 10.8. The van der Waals surface area contributed by atoms with Gasteiger partial charge in [-0.3, -0.25) is 9.59 Å². The predicted molar refractivity (Wildman–Crippen MR) is 129 cm³/mol. The Hall–Kier alpha value is -3.86. The van der Waals surface area contributed by atoms with Crippen LogP contribution in [0.25, 0.3) is 21.5 Å². The highest BCUT2D eigenvalue weighted by molar-refractivity contribution is 5.94. The van der Waals surface area contributed by atoms with Gasteiger partial charge < -0.3 is 14.2 Å². The van der Waals surface area contributed by atoms with Crippen molar-refractivity contribution in [3.8, 4) is 11.5 Å². The third-order valence-electron chi connectivity index (χ3n) is 6.05. The molecule has 0 aromatic heterocycles. The molecule has 33 heavy (non-hydrogen) atoms. The molecule has 2 unspecified atom stereocenters. The van der Waals surface area contributed by atoms with Gasteiger partial charge in [0.1, 0.15) is 11.5 Å². The summed E-state index contributed by atoms with van der Waals surface area (Å²) in [6.07, 6.45) is 0. The van der Waals surface area contributed by atoms with Crippen LogP contribution >= 0.6 is 0 Å². The number of carbonyl (C=O) groups excluding carboxylic acids is 2. The van der Waals surface area contributed by atoms with Crippen LogP contribution in [0.4, 0.5) is 0 Å². The maximum Gasteiger partial charge on any atom is 0.320 e. The Bertz CT molecular complexity index is 1240. The second-order valence-corrected chi connectivity index (χ2v) is 8.13. The summed E-state index contributed by atoms with van der Waals surface area (Å²) >= 11 is 0. The molecule has 2 atom stereocenters. The summed E-state index contributed by atoms with van der Waals surface area (Å²) in [5, 5.41) is 4.00. The van der Waals surface area contributed by atoms with Crippen LogP contribution in [0.3, 0.4) is 0 Å². The molecule has 0 aliphatic carbocycles. The molecule has 0 aliphatic rings. The Morgan fingerprint density at radius 3 is 1.33 bits per heavy atom. The molecule has 0 bridgehead atoms. The van der Waals surface area contributed by atoms with Crippen LogP contribution < -0.4 is 9.47 Å². The van der Waals surface area contributed by atoms with E-state index < -0.39 is 23.8 Å². The summed E-state index contributed by atoms with van der Waals surface area (Å²) < 4.78 is 15.8. The largest absolute Gasteiger partial charge is 0.497 e. The minimum absolute atomic E-state index is 0.565. The molecule has 0 aliphatic heterocycles. The van der Waals surface area contributed by atoms with E-state index >= 15 is 0 Å². The molecule has 4 aromatic carbocycles. The van der Waals surface area contributed by atoms with Gasteiger partial charge in [0.25, 0.3) is 0 Å². The summed E-state index contributed by atoms with van der Waals surface area (Å²) in [6.45, 7) is 3.49. The number of hydrogen-bond donors (Lipinski definition) is 0. The van der Waals surface area contributed by atoms with Crippen LogP contribution in [0.5, 0.6) is 11.5 Å². The summed E-state index contributed by atoms with van der Waals surface area (Å²) in [5.41, 5.74) is 1.58. The topological polar surface area (TPSA) is 61.8 Å². The van der Waals surface area contributed by atoms with E-state index in [4.69, 9.17) is 14.2 Å². The van der Waals surface area contributed by atoms with E-state index in [0.29, 0.717) is 0 Å². The van der Waals surface area contributed by atoms with Gasteiger partial charge in [-0.25, -0.2) is 0 Å². The van der Waals surface area contributed by atoms with Gasteiger partial charge in [-0.1, -0.05) is 48.5 Å². The van der Waals surface area contributed by atoms with Gasteiger partial charge in [0, 0.05) is 0 Å². The van der Waals surface area contributed by atoms with E-state index in [1.807, 2.05) is 72.8 Å². The molecule has 0 fully saturated rings. The fourth-order valence-electron chi connectivity index (χ4n) is 3.83. The zero-order valence-corrected chi connectivity index (χ0v) is 19.1. The van der Waals surface area contributed by atoms with E-state index in [2.05, 4.69) is 0 Å². The second-order valence-electron chi connectivity index (χ2n) is 8.13. The molecule has 5 heteroatoms. The van der Waals surface area contributed by atoms with E-state index in [1.165, 1.54) is 0 Å². The molecule has 168 valence electrons. The van der Waals surface area contributed by atoms with Gasteiger partial charge in [0.2, 0.25) is 0 Å². The third kappa shape index (κ3) is 4.67. The molecular weight excluding hydrogens is 416 g/mol. The van der Waals surface area contributed by atoms with Crippen molar-refractivity contribution < 1.29 is 23.8 Å². The molecule has 0 heterocycles. The molecule has 0 radical (unpaired) electrons. The number of ether oxygens (including phenoxy) is 3. The van der Waals surface area contributed by atoms with Crippen molar-refractivity contribution >= 4 is 33.5 Å². The fourth-order valence-corrected chi connectivity index (χ4v) is 3.83. The first-order chi connectivity index (χ1) is 15.9. The molecule has 4 rings (SSSR count). The molecule has 0 spiro atoms. The van der Waals surface area contributed by atoms with Gasteiger partial charge >= 0.3 is 11.9 Å². The van der Waals surface area contributed by atoms with Crippen molar-refractivity contribution in [1.29, 1.82) is 0 Å². The average Bonchev–Trinajstić information content (AvgIpc) is 2.86. The zero-order valence-electron chi connectivity index (χ0n) is 19.1. The first-order valence-corrected chi connectivity index (χ1v) is 10.8. The monoisotopic (exact) mass is 442 g/mol. The quantitative estimate of drug-likeness (QED) is 0.271. The van der Waals surface area contributed by atoms with Crippen LogP contribution in [0.1, 0.15) is 36.8 Å². The Kier molecular flexibility index (Phi) is 6.31. The van der Waals surface area contributed by atoms with Crippen molar-refractivity contribution in [3.63, 3.8) is 0 Å². The van der Waals surface area contributed by atoms with Crippen LogP contribution in [-0.4, -0.2) is 26.2 Å². The lowest BCUT2D eigenvalue weighted by atomic mass is 9.96. The summed E-state index contributed by atoms with van der Waals surface area (Å²) in [4.78, 5) is 25.5. The summed E-state index contributed by atoms with van der Waals surface area (Å²) in [5.74, 6) is -0.728. The molecular formula is C28H26O5. The van der Waals surface area contributed by atoms with E-state index in [0.717, 1.165) is 44.2 Å². The molecule has 0 saturated carbocycles. The highest BCUT2D eigenvalue weighted by atomic mass is 16.6. The van der Waals surface area contributed by atoms with E-state index in [1.54, 1.807) is 28.1 Å². The van der Waals surface area contributed by atoms with Gasteiger partial charge in [-0.05, 0) is 70.8 Å². The number of esters is 2. The van der Waals surface area contributed by atoms with Crippen molar-refractivity contribution in [1.82, 2.24) is 0 Å². The number of hydrogen-bond acceptors (Lipinski definition) is 5. The van der Waals surface area contributed by atoms with Crippen molar-refractivity contribution in [2.24, 2.45) is 0 Å². The highest BCUT2D eigenvalue weighted by Crippen LogP contribution is 2.28. The number of fused-ring (bicyclic) bond motifs is 2. The minimum Gasteiger partial charge on any atom is -0.497 e. The van der Waals surface area contributed by atoms with Gasteiger partial charge in [0.05, 0.1) is 26.1 Å². The Morgan fingerprint density at radius 2 is 0.939 bits per heavy atom. The molecule has 0 amide bonds. The highest BCUT2D eigenvalue weighted by Gasteiger charge is 2.25. The molecule has 0 saturated heterocycles. The van der Waals surface area contributed by atoms with Crippen LogP contribution in [0, 0.1) is 0 Å². The lowest BCUT2D eigenvalue weighted by molar-refractivity contribution is -0.161. The number of benzene rings is 4. The first kappa shape index (κ1) is 22.3. The maximum atomic E-state index is 12.7. The smallest absolute Gasteiger partial charge is 0.320 e. The molecule has 0 N–H and O–H groups in total. The minimum atomic E-state index is -0.572. The lowest BCUT2D eigenvalue weighted by Crippen LogP contribution is -2.21. The Labute approximate surface area is 192 Å². The van der Waals surface area contributed by atoms with Crippen LogP contribution in [-0.2, 0) is 14.3 Å². The lowest BCUT2D eigenvalue weighted by Gasteiger charge is -2.15. The molecule has 4 aromatic rings. The summed E-state index contributed by atoms with van der Waals surface area (Å²) in [6, 6.07) is 23.0. The fraction of sp³-hybridized carbons (Fsp3) is 0.214. The van der Waals surface area contributed by atoms with Crippen molar-refractivity contribution in [3.05, 3.63) is 83.9 Å². The third-order valence-corrected chi connectivity index (χ3v) is 6.05. The van der Waals surface area contributed by atoms with E-state index in [-0.39, 0.29) is 0 Å². The van der Waals surface area contributed by atoms with Crippen LogP contribution in [0.2, 0.25) is 0 Å². The Balaban J connectivity index is 1.47. The van der Waals surface area contributed by atoms with Crippen molar-refractivity contribution in [2.45, 2.75) is 25.7 Å². The SMILES string of the molecule is COc1ccc2cc(C(C)C(=O)OC(=O)C(C)c3ccc4cc(OC)ccc4c3)ccc2c1. The summed E-state index contributed by atoms with van der Waals surface area (Å²) in [7, 11) is 3.25. The number of methoxy groups -OCH3 is 2. The van der Waals surface area contributed by atoms with E-state index in [9.17, 15) is 9.59 Å². The maximum absolute atomic E-state index is 12.7. The average molecular weight is 443 g/mol. The zero-order chi connectivity index (χ0) is 23.5. The van der Waals surface area contributed by atoms with Gasteiger partial charge in [-0.2, -0.15) is 0 Å².